The number of carbonyl (C=O) groups is 1. The van der Waals surface area contributed by atoms with E-state index in [1.54, 1.807) is 35.6 Å². The molecule has 3 rings (SSSR count). The highest BCUT2D eigenvalue weighted by molar-refractivity contribution is 6.28. The average molecular weight is 261 g/mol. The third-order valence-corrected chi connectivity index (χ3v) is 2.99. The van der Waals surface area contributed by atoms with Gasteiger partial charge in [-0.15, -0.1) is 0 Å². The van der Waals surface area contributed by atoms with Crippen molar-refractivity contribution in [1.82, 2.24) is 19.9 Å². The highest BCUT2D eigenvalue weighted by Gasteiger charge is 2.27. The maximum Gasteiger partial charge on any atom is 0.256 e. The van der Waals surface area contributed by atoms with Crippen LogP contribution in [0.2, 0.25) is 5.28 Å². The van der Waals surface area contributed by atoms with Crippen molar-refractivity contribution in [3.63, 3.8) is 0 Å². The van der Waals surface area contributed by atoms with Crippen LogP contribution in [0.3, 0.4) is 0 Å². The summed E-state index contributed by atoms with van der Waals surface area (Å²) in [5.41, 5.74) is 2.34. The first-order valence-electron chi connectivity index (χ1n) is 5.43. The molecule has 1 aliphatic rings. The largest absolute Gasteiger partial charge is 0.328 e. The van der Waals surface area contributed by atoms with Crippen molar-refractivity contribution in [2.75, 3.05) is 0 Å². The predicted molar refractivity (Wildman–Crippen MR) is 64.9 cm³/mol. The van der Waals surface area contributed by atoms with Gasteiger partial charge in [0.15, 0.2) is 0 Å². The summed E-state index contributed by atoms with van der Waals surface area (Å²) in [4.78, 5) is 25.8. The molecule has 0 spiro atoms. The molecule has 0 fully saturated rings. The molecule has 1 aliphatic heterocycles. The van der Waals surface area contributed by atoms with Gasteiger partial charge < -0.3 is 4.90 Å². The lowest BCUT2D eigenvalue weighted by atomic mass is 10.2. The first-order valence-corrected chi connectivity index (χ1v) is 5.81. The van der Waals surface area contributed by atoms with Gasteiger partial charge in [0.05, 0.1) is 17.8 Å². The molecule has 3 heterocycles. The van der Waals surface area contributed by atoms with Gasteiger partial charge in [-0.3, -0.25) is 9.78 Å². The van der Waals surface area contributed by atoms with Crippen LogP contribution in [0.1, 0.15) is 21.6 Å². The molecule has 2 aromatic heterocycles. The molecule has 0 saturated heterocycles. The number of aromatic nitrogens is 3. The van der Waals surface area contributed by atoms with Gasteiger partial charge in [-0.1, -0.05) is 0 Å². The van der Waals surface area contributed by atoms with Gasteiger partial charge in [0.2, 0.25) is 5.28 Å². The third kappa shape index (κ3) is 1.93. The van der Waals surface area contributed by atoms with Crippen LogP contribution in [-0.4, -0.2) is 25.8 Å². The van der Waals surface area contributed by atoms with Crippen LogP contribution in [0.4, 0.5) is 0 Å². The van der Waals surface area contributed by atoms with Crippen molar-refractivity contribution in [1.29, 1.82) is 0 Å². The fraction of sp³-hybridized carbons (Fsp3) is 0.167. The Balaban J connectivity index is 1.81. The summed E-state index contributed by atoms with van der Waals surface area (Å²) < 4.78 is 0. The second kappa shape index (κ2) is 4.34. The van der Waals surface area contributed by atoms with Gasteiger partial charge in [-0.05, 0) is 23.7 Å². The second-order valence-corrected chi connectivity index (χ2v) is 4.36. The highest BCUT2D eigenvalue weighted by Crippen LogP contribution is 2.21. The van der Waals surface area contributed by atoms with Crippen molar-refractivity contribution < 1.29 is 4.79 Å². The molecule has 0 aromatic carbocycles. The smallest absolute Gasteiger partial charge is 0.256 e. The Morgan fingerprint density at radius 3 is 2.78 bits per heavy atom. The van der Waals surface area contributed by atoms with E-state index in [9.17, 15) is 4.79 Å². The lowest BCUT2D eigenvalue weighted by Crippen LogP contribution is -2.23. The quantitative estimate of drug-likeness (QED) is 0.771. The minimum atomic E-state index is -0.00644. The Bertz CT molecular complexity index is 599. The number of fused-ring (bicyclic) bond motifs is 1. The Labute approximate surface area is 108 Å². The van der Waals surface area contributed by atoms with E-state index in [1.165, 1.54) is 0 Å². The average Bonchev–Trinajstić information content (AvgIpc) is 2.70. The number of halogens is 1. The molecule has 0 unspecified atom stereocenters. The van der Waals surface area contributed by atoms with Crippen LogP contribution in [0, 0.1) is 0 Å². The molecule has 1 amide bonds. The van der Waals surface area contributed by atoms with Crippen molar-refractivity contribution in [2.24, 2.45) is 0 Å². The SMILES string of the molecule is O=C1c2cccnc2CN1Cc1cnc(Cl)nc1. The summed E-state index contributed by atoms with van der Waals surface area (Å²) in [6.45, 7) is 0.990. The molecule has 18 heavy (non-hydrogen) atoms. The number of pyridine rings is 1. The zero-order valence-electron chi connectivity index (χ0n) is 9.38. The molecule has 0 radical (unpaired) electrons. The highest BCUT2D eigenvalue weighted by atomic mass is 35.5. The van der Waals surface area contributed by atoms with Gasteiger partial charge in [0.1, 0.15) is 0 Å². The maximum atomic E-state index is 12.1. The van der Waals surface area contributed by atoms with Crippen molar-refractivity contribution >= 4 is 17.5 Å². The summed E-state index contributed by atoms with van der Waals surface area (Å²) >= 11 is 5.62. The molecular formula is C12H9ClN4O. The van der Waals surface area contributed by atoms with Crippen molar-refractivity contribution in [3.8, 4) is 0 Å². The number of amides is 1. The molecular weight excluding hydrogens is 252 g/mol. The van der Waals surface area contributed by atoms with E-state index in [1.807, 2.05) is 0 Å². The maximum absolute atomic E-state index is 12.1. The number of hydrogen-bond acceptors (Lipinski definition) is 4. The van der Waals surface area contributed by atoms with Crippen LogP contribution in [-0.2, 0) is 13.1 Å². The summed E-state index contributed by atoms with van der Waals surface area (Å²) in [5.74, 6) is -0.00644. The Morgan fingerprint density at radius 1 is 1.28 bits per heavy atom. The van der Waals surface area contributed by atoms with Gasteiger partial charge in [-0.25, -0.2) is 9.97 Å². The summed E-state index contributed by atoms with van der Waals surface area (Å²) in [6, 6.07) is 3.56. The van der Waals surface area contributed by atoms with Gasteiger partial charge in [0.25, 0.3) is 5.91 Å². The summed E-state index contributed by atoms with van der Waals surface area (Å²) in [6.07, 6.45) is 4.94. The van der Waals surface area contributed by atoms with Crippen LogP contribution < -0.4 is 0 Å². The number of rotatable bonds is 2. The van der Waals surface area contributed by atoms with Crippen LogP contribution in [0.25, 0.3) is 0 Å². The first-order chi connectivity index (χ1) is 8.74. The summed E-state index contributed by atoms with van der Waals surface area (Å²) in [7, 11) is 0. The lowest BCUT2D eigenvalue weighted by molar-refractivity contribution is 0.0766. The van der Waals surface area contributed by atoms with E-state index in [0.717, 1.165) is 11.3 Å². The molecule has 0 atom stereocenters. The third-order valence-electron chi connectivity index (χ3n) is 2.80. The normalized spacial score (nSPS) is 13.8. The van der Waals surface area contributed by atoms with E-state index < -0.39 is 0 Å². The molecule has 0 bridgehead atoms. The molecule has 0 saturated carbocycles. The van der Waals surface area contributed by atoms with E-state index >= 15 is 0 Å². The molecule has 5 nitrogen and oxygen atoms in total. The molecule has 2 aromatic rings. The Kier molecular flexibility index (Phi) is 2.68. The van der Waals surface area contributed by atoms with E-state index in [2.05, 4.69) is 15.0 Å². The number of carbonyl (C=O) groups excluding carboxylic acids is 1. The summed E-state index contributed by atoms with van der Waals surface area (Å²) in [5, 5.41) is 0.205. The van der Waals surface area contributed by atoms with Gasteiger partial charge in [0, 0.05) is 30.7 Å². The standard InChI is InChI=1S/C12H9ClN4O/c13-12-15-4-8(5-16-12)6-17-7-10-9(11(17)18)2-1-3-14-10/h1-5H,6-7H2. The van der Waals surface area contributed by atoms with Crippen LogP contribution in [0.15, 0.2) is 30.7 Å². The topological polar surface area (TPSA) is 59.0 Å². The van der Waals surface area contributed by atoms with E-state index in [0.29, 0.717) is 18.7 Å². The number of hydrogen-bond donors (Lipinski definition) is 0. The van der Waals surface area contributed by atoms with Crippen molar-refractivity contribution in [3.05, 3.63) is 52.8 Å². The fourth-order valence-electron chi connectivity index (χ4n) is 1.95. The fourth-order valence-corrected chi connectivity index (χ4v) is 2.05. The van der Waals surface area contributed by atoms with E-state index in [4.69, 9.17) is 11.6 Å². The molecule has 0 N–H and O–H groups in total. The zero-order valence-corrected chi connectivity index (χ0v) is 10.1. The van der Waals surface area contributed by atoms with Gasteiger partial charge in [-0.2, -0.15) is 0 Å². The minimum absolute atomic E-state index is 0.00644. The number of nitrogens with zero attached hydrogens (tertiary/aromatic N) is 4. The first kappa shape index (κ1) is 11.1. The second-order valence-electron chi connectivity index (χ2n) is 4.02. The Hall–Kier alpha value is -2.01. The molecule has 6 heteroatoms. The van der Waals surface area contributed by atoms with Gasteiger partial charge >= 0.3 is 0 Å². The minimum Gasteiger partial charge on any atom is -0.328 e. The monoisotopic (exact) mass is 260 g/mol. The molecule has 0 aliphatic carbocycles. The van der Waals surface area contributed by atoms with E-state index in [-0.39, 0.29) is 11.2 Å². The van der Waals surface area contributed by atoms with Crippen LogP contribution >= 0.6 is 11.6 Å². The van der Waals surface area contributed by atoms with Crippen LogP contribution in [0.5, 0.6) is 0 Å². The Morgan fingerprint density at radius 2 is 2.06 bits per heavy atom. The lowest BCUT2D eigenvalue weighted by Gasteiger charge is -2.14. The molecule has 90 valence electrons. The van der Waals surface area contributed by atoms with Crippen molar-refractivity contribution in [2.45, 2.75) is 13.1 Å². The predicted octanol–water partition coefficient (Wildman–Crippen LogP) is 1.68. The zero-order chi connectivity index (χ0) is 12.5.